The number of benzene rings is 1. The molecule has 0 heterocycles. The first-order chi connectivity index (χ1) is 6.47. The molecule has 0 radical (unpaired) electrons. The maximum absolute atomic E-state index is 13.8. The third-order valence-corrected chi connectivity index (χ3v) is 3.48. The van der Waals surface area contributed by atoms with E-state index in [1.807, 2.05) is 24.3 Å². The summed E-state index contributed by atoms with van der Waals surface area (Å²) >= 11 is 3.18. The summed E-state index contributed by atoms with van der Waals surface area (Å²) in [5.74, 6) is 0.499. The first kappa shape index (κ1) is 11.7. The van der Waals surface area contributed by atoms with E-state index in [1.165, 1.54) is 5.56 Å². The van der Waals surface area contributed by atoms with Crippen molar-refractivity contribution in [3.8, 4) is 0 Å². The SMILES string of the molecule is CC(C)c1ccc(C(C)(F)CBr)cc1. The Kier molecular flexibility index (Phi) is 3.71. The molecule has 0 aliphatic rings. The van der Waals surface area contributed by atoms with Gasteiger partial charge in [-0.2, -0.15) is 0 Å². The van der Waals surface area contributed by atoms with E-state index in [9.17, 15) is 4.39 Å². The topological polar surface area (TPSA) is 0 Å². The number of hydrogen-bond donors (Lipinski definition) is 0. The number of halogens is 2. The van der Waals surface area contributed by atoms with Crippen molar-refractivity contribution in [3.05, 3.63) is 35.4 Å². The van der Waals surface area contributed by atoms with Gasteiger partial charge in [0.15, 0.2) is 0 Å². The van der Waals surface area contributed by atoms with Crippen molar-refractivity contribution < 1.29 is 4.39 Å². The first-order valence-electron chi connectivity index (χ1n) is 4.82. The Balaban J connectivity index is 2.94. The van der Waals surface area contributed by atoms with Crippen molar-refractivity contribution in [2.45, 2.75) is 32.4 Å². The second kappa shape index (κ2) is 4.43. The van der Waals surface area contributed by atoms with Crippen molar-refractivity contribution in [2.24, 2.45) is 0 Å². The van der Waals surface area contributed by atoms with E-state index in [0.29, 0.717) is 11.2 Å². The molecule has 0 fully saturated rings. The van der Waals surface area contributed by atoms with Crippen LogP contribution in [0.5, 0.6) is 0 Å². The Hall–Kier alpha value is -0.370. The van der Waals surface area contributed by atoms with Gasteiger partial charge in [0, 0.05) is 5.33 Å². The summed E-state index contributed by atoms with van der Waals surface area (Å²) in [4.78, 5) is 0. The molecule has 1 rings (SSSR count). The zero-order valence-corrected chi connectivity index (χ0v) is 10.4. The zero-order valence-electron chi connectivity index (χ0n) is 8.85. The third kappa shape index (κ3) is 2.57. The molecule has 0 nitrogen and oxygen atoms in total. The fraction of sp³-hybridized carbons (Fsp3) is 0.500. The van der Waals surface area contributed by atoms with Crippen LogP contribution in [0.4, 0.5) is 4.39 Å². The van der Waals surface area contributed by atoms with Crippen LogP contribution in [0.3, 0.4) is 0 Å². The van der Waals surface area contributed by atoms with Crippen LogP contribution in [0.25, 0.3) is 0 Å². The smallest absolute Gasteiger partial charge is 0.142 e. The number of hydrogen-bond acceptors (Lipinski definition) is 0. The van der Waals surface area contributed by atoms with Crippen molar-refractivity contribution in [3.63, 3.8) is 0 Å². The molecule has 1 aromatic carbocycles. The van der Waals surface area contributed by atoms with Crippen molar-refractivity contribution in [2.75, 3.05) is 5.33 Å². The van der Waals surface area contributed by atoms with Crippen molar-refractivity contribution >= 4 is 15.9 Å². The molecule has 2 heteroatoms. The van der Waals surface area contributed by atoms with Crippen LogP contribution in [0.2, 0.25) is 0 Å². The molecule has 14 heavy (non-hydrogen) atoms. The molecule has 0 saturated heterocycles. The van der Waals surface area contributed by atoms with Crippen molar-refractivity contribution in [1.29, 1.82) is 0 Å². The maximum Gasteiger partial charge on any atom is 0.142 e. The lowest BCUT2D eigenvalue weighted by Crippen LogP contribution is -2.16. The highest BCUT2D eigenvalue weighted by atomic mass is 79.9. The minimum absolute atomic E-state index is 0.334. The van der Waals surface area contributed by atoms with Crippen LogP contribution in [0, 0.1) is 0 Å². The van der Waals surface area contributed by atoms with Gasteiger partial charge in [-0.1, -0.05) is 54.0 Å². The van der Waals surface area contributed by atoms with Gasteiger partial charge in [-0.05, 0) is 24.0 Å². The highest BCUT2D eigenvalue weighted by Crippen LogP contribution is 2.28. The van der Waals surface area contributed by atoms with Gasteiger partial charge in [-0.3, -0.25) is 0 Å². The third-order valence-electron chi connectivity index (χ3n) is 2.43. The number of alkyl halides is 2. The first-order valence-corrected chi connectivity index (χ1v) is 5.95. The van der Waals surface area contributed by atoms with Crippen molar-refractivity contribution in [1.82, 2.24) is 0 Å². The van der Waals surface area contributed by atoms with E-state index in [1.54, 1.807) is 6.92 Å². The summed E-state index contributed by atoms with van der Waals surface area (Å²) in [5.41, 5.74) is 0.716. The Labute approximate surface area is 93.7 Å². The molecule has 0 saturated carbocycles. The molecule has 1 unspecified atom stereocenters. The molecule has 0 bridgehead atoms. The average Bonchev–Trinajstić information content (AvgIpc) is 2.18. The van der Waals surface area contributed by atoms with E-state index < -0.39 is 5.67 Å². The van der Waals surface area contributed by atoms with Gasteiger partial charge in [-0.15, -0.1) is 0 Å². The van der Waals surface area contributed by atoms with E-state index in [4.69, 9.17) is 0 Å². The maximum atomic E-state index is 13.8. The molecule has 0 aliphatic heterocycles. The van der Waals surface area contributed by atoms with Crippen LogP contribution in [-0.2, 0) is 5.67 Å². The monoisotopic (exact) mass is 258 g/mol. The van der Waals surface area contributed by atoms with Gasteiger partial charge < -0.3 is 0 Å². The molecule has 0 N–H and O–H groups in total. The summed E-state index contributed by atoms with van der Waals surface area (Å²) < 4.78 is 13.8. The van der Waals surface area contributed by atoms with Crippen LogP contribution >= 0.6 is 15.9 Å². The second-order valence-corrected chi connectivity index (χ2v) is 4.67. The lowest BCUT2D eigenvalue weighted by Gasteiger charge is -2.18. The number of rotatable bonds is 3. The molecule has 0 spiro atoms. The van der Waals surface area contributed by atoms with Gasteiger partial charge in [0.1, 0.15) is 5.67 Å². The van der Waals surface area contributed by atoms with E-state index in [0.717, 1.165) is 5.56 Å². The molecular weight excluding hydrogens is 243 g/mol. The molecule has 0 aliphatic carbocycles. The summed E-state index contributed by atoms with van der Waals surface area (Å²) in [5, 5.41) is 0.334. The highest BCUT2D eigenvalue weighted by Gasteiger charge is 2.23. The summed E-state index contributed by atoms with van der Waals surface area (Å²) in [6.45, 7) is 5.86. The fourth-order valence-electron chi connectivity index (χ4n) is 1.29. The molecular formula is C12H16BrF. The quantitative estimate of drug-likeness (QED) is 0.706. The van der Waals surface area contributed by atoms with Crippen LogP contribution in [-0.4, -0.2) is 5.33 Å². The summed E-state index contributed by atoms with van der Waals surface area (Å²) in [6, 6.07) is 7.74. The molecule has 0 aromatic heterocycles. The Morgan fingerprint density at radius 1 is 1.29 bits per heavy atom. The van der Waals surface area contributed by atoms with Gasteiger partial charge >= 0.3 is 0 Å². The zero-order chi connectivity index (χ0) is 10.8. The Morgan fingerprint density at radius 2 is 1.79 bits per heavy atom. The van der Waals surface area contributed by atoms with Crippen LogP contribution in [0.15, 0.2) is 24.3 Å². The largest absolute Gasteiger partial charge is 0.238 e. The Morgan fingerprint density at radius 3 is 2.14 bits per heavy atom. The standard InChI is InChI=1S/C12H16BrF/c1-9(2)10-4-6-11(7-5-10)12(3,14)8-13/h4-7,9H,8H2,1-3H3. The predicted octanol–water partition coefficient (Wildman–Crippen LogP) is 4.39. The molecule has 0 amide bonds. The second-order valence-electron chi connectivity index (χ2n) is 4.11. The summed E-state index contributed by atoms with van der Waals surface area (Å²) in [6.07, 6.45) is 0. The predicted molar refractivity (Wildman–Crippen MR) is 62.8 cm³/mol. The Bertz CT molecular complexity index is 288. The van der Waals surface area contributed by atoms with Gasteiger partial charge in [0.2, 0.25) is 0 Å². The van der Waals surface area contributed by atoms with Crippen LogP contribution in [0.1, 0.15) is 37.8 Å². The van der Waals surface area contributed by atoms with E-state index >= 15 is 0 Å². The molecule has 1 aromatic rings. The fourth-order valence-corrected chi connectivity index (χ4v) is 1.62. The lowest BCUT2D eigenvalue weighted by atomic mass is 9.96. The molecule has 1 atom stereocenters. The average molecular weight is 259 g/mol. The van der Waals surface area contributed by atoms with Gasteiger partial charge in [-0.25, -0.2) is 4.39 Å². The normalized spacial score (nSPS) is 15.6. The van der Waals surface area contributed by atoms with E-state index in [-0.39, 0.29) is 0 Å². The minimum Gasteiger partial charge on any atom is -0.238 e. The molecule has 78 valence electrons. The summed E-state index contributed by atoms with van der Waals surface area (Å²) in [7, 11) is 0. The minimum atomic E-state index is -1.27. The van der Waals surface area contributed by atoms with Gasteiger partial charge in [0.05, 0.1) is 0 Å². The highest BCUT2D eigenvalue weighted by molar-refractivity contribution is 9.09. The van der Waals surface area contributed by atoms with Gasteiger partial charge in [0.25, 0.3) is 0 Å². The lowest BCUT2D eigenvalue weighted by molar-refractivity contribution is 0.230. The van der Waals surface area contributed by atoms with E-state index in [2.05, 4.69) is 29.8 Å². The van der Waals surface area contributed by atoms with Crippen LogP contribution < -0.4 is 0 Å².